The summed E-state index contributed by atoms with van der Waals surface area (Å²) < 4.78 is 43.5. The highest BCUT2D eigenvalue weighted by molar-refractivity contribution is 5.85. The van der Waals surface area contributed by atoms with Crippen LogP contribution in [0, 0.1) is 5.92 Å². The van der Waals surface area contributed by atoms with Crippen molar-refractivity contribution in [2.24, 2.45) is 5.92 Å². The lowest BCUT2D eigenvalue weighted by Gasteiger charge is -2.20. The molecule has 1 aliphatic heterocycles. The van der Waals surface area contributed by atoms with Crippen LogP contribution < -0.4 is 19.5 Å². The number of fused-ring (bicyclic) bond motifs is 1. The summed E-state index contributed by atoms with van der Waals surface area (Å²) in [6.45, 7) is -0.459. The molecule has 2 atom stereocenters. The van der Waals surface area contributed by atoms with Gasteiger partial charge in [0.1, 0.15) is 11.6 Å². The molecule has 1 aromatic carbocycles. The minimum atomic E-state index is -2.95. The Bertz CT molecular complexity index is 1190. The van der Waals surface area contributed by atoms with Gasteiger partial charge in [0.25, 0.3) is 0 Å². The smallest absolute Gasteiger partial charge is 0.387 e. The van der Waals surface area contributed by atoms with Crippen molar-refractivity contribution >= 4 is 16.9 Å². The lowest BCUT2D eigenvalue weighted by atomic mass is 10.0. The van der Waals surface area contributed by atoms with E-state index in [1.807, 2.05) is 13.0 Å². The number of nitrogens with zero attached hydrogens (tertiary/aromatic N) is 3. The highest BCUT2D eigenvalue weighted by atomic mass is 19.3. The fourth-order valence-electron chi connectivity index (χ4n) is 4.14. The lowest BCUT2D eigenvalue weighted by molar-refractivity contribution is -0.119. The molecule has 0 bridgehead atoms. The average Bonchev–Trinajstić information content (AvgIpc) is 3.39. The van der Waals surface area contributed by atoms with Gasteiger partial charge in [0.2, 0.25) is 11.8 Å². The number of carbonyl (C=O) groups is 1. The summed E-state index contributed by atoms with van der Waals surface area (Å²) in [4.78, 5) is 21.0. The van der Waals surface area contributed by atoms with E-state index in [-0.39, 0.29) is 29.4 Å². The Kier molecular flexibility index (Phi) is 5.51. The van der Waals surface area contributed by atoms with E-state index in [1.54, 1.807) is 18.5 Å². The zero-order valence-electron chi connectivity index (χ0n) is 18.3. The van der Waals surface area contributed by atoms with Gasteiger partial charge >= 0.3 is 6.61 Å². The molecule has 2 aliphatic rings. The number of ether oxygens (including phenoxy) is 3. The van der Waals surface area contributed by atoms with Crippen LogP contribution in [0.2, 0.25) is 0 Å². The quantitative estimate of drug-likeness (QED) is 0.550. The zero-order chi connectivity index (χ0) is 23.1. The van der Waals surface area contributed by atoms with Crippen molar-refractivity contribution in [3.05, 3.63) is 30.6 Å². The molecule has 0 spiro atoms. The van der Waals surface area contributed by atoms with E-state index in [9.17, 15) is 13.6 Å². The van der Waals surface area contributed by atoms with Gasteiger partial charge in [-0.15, -0.1) is 0 Å². The third-order valence-electron chi connectivity index (χ3n) is 6.11. The van der Waals surface area contributed by atoms with Crippen molar-refractivity contribution in [2.45, 2.75) is 44.9 Å². The molecule has 1 amide bonds. The number of nitrogens with one attached hydrogen (secondary N) is 1. The summed E-state index contributed by atoms with van der Waals surface area (Å²) in [7, 11) is 1.39. The fourth-order valence-corrected chi connectivity index (χ4v) is 4.14. The molecule has 174 valence electrons. The predicted molar refractivity (Wildman–Crippen MR) is 116 cm³/mol. The van der Waals surface area contributed by atoms with Gasteiger partial charge in [-0.1, -0.05) is 0 Å². The third-order valence-corrected chi connectivity index (χ3v) is 6.11. The number of alkyl halides is 2. The van der Waals surface area contributed by atoms with Crippen LogP contribution in [-0.2, 0) is 4.79 Å². The molecule has 10 heteroatoms. The summed E-state index contributed by atoms with van der Waals surface area (Å²) in [5.74, 6) is 0.610. The van der Waals surface area contributed by atoms with Crippen LogP contribution in [0.15, 0.2) is 30.6 Å². The molecule has 2 aromatic heterocycles. The molecule has 3 aromatic rings. The fraction of sp³-hybridized carbons (Fsp3) is 0.435. The van der Waals surface area contributed by atoms with E-state index >= 15 is 0 Å². The van der Waals surface area contributed by atoms with E-state index in [0.29, 0.717) is 36.1 Å². The van der Waals surface area contributed by atoms with Crippen molar-refractivity contribution in [2.75, 3.05) is 13.7 Å². The van der Waals surface area contributed by atoms with Crippen LogP contribution >= 0.6 is 0 Å². The second-order valence-electron chi connectivity index (χ2n) is 8.40. The number of methoxy groups -OCH3 is 1. The van der Waals surface area contributed by atoms with Crippen molar-refractivity contribution in [1.29, 1.82) is 0 Å². The van der Waals surface area contributed by atoms with E-state index in [4.69, 9.17) is 14.5 Å². The molecule has 1 aliphatic carbocycles. The van der Waals surface area contributed by atoms with E-state index in [0.717, 1.165) is 23.9 Å². The molecule has 2 fully saturated rings. The number of hydrogen-bond acceptors (Lipinski definition) is 6. The number of benzene rings is 1. The van der Waals surface area contributed by atoms with Crippen LogP contribution in [0.4, 0.5) is 8.78 Å². The number of amides is 1. The summed E-state index contributed by atoms with van der Waals surface area (Å²) in [6, 6.07) is 6.87. The molecule has 1 saturated heterocycles. The molecule has 0 radical (unpaired) electrons. The van der Waals surface area contributed by atoms with Gasteiger partial charge in [0, 0.05) is 30.5 Å². The first-order chi connectivity index (χ1) is 15.9. The highest BCUT2D eigenvalue weighted by Gasteiger charge is 2.31. The number of halogens is 2. The second-order valence-corrected chi connectivity index (χ2v) is 8.40. The third kappa shape index (κ3) is 4.29. The van der Waals surface area contributed by atoms with Crippen molar-refractivity contribution in [3.8, 4) is 28.6 Å². The number of rotatable bonds is 8. The minimum absolute atomic E-state index is 0.0172. The highest BCUT2D eigenvalue weighted by Crippen LogP contribution is 2.41. The minimum Gasteiger partial charge on any atom is -0.493 e. The summed E-state index contributed by atoms with van der Waals surface area (Å²) in [5, 5.41) is 2.84. The Morgan fingerprint density at radius 1 is 1.18 bits per heavy atom. The first-order valence-corrected chi connectivity index (χ1v) is 10.9. The van der Waals surface area contributed by atoms with E-state index in [2.05, 4.69) is 19.6 Å². The van der Waals surface area contributed by atoms with Crippen molar-refractivity contribution in [1.82, 2.24) is 19.9 Å². The predicted octanol–water partition coefficient (Wildman–Crippen LogP) is 3.95. The SMILES string of the molecule is COc1cc(-c2cc3ncn(C4CC4)c3c(O[C@H](C)[C@H]3CNC(=O)C3)n2)ccc1OC(F)F. The maximum absolute atomic E-state index is 12.7. The Balaban J connectivity index is 1.54. The lowest BCUT2D eigenvalue weighted by Crippen LogP contribution is -2.26. The molecule has 33 heavy (non-hydrogen) atoms. The zero-order valence-corrected chi connectivity index (χ0v) is 18.3. The Labute approximate surface area is 188 Å². The molecule has 1 saturated carbocycles. The molecular formula is C23H24F2N4O4. The van der Waals surface area contributed by atoms with Gasteiger partial charge in [-0.05, 0) is 44.0 Å². The first kappa shape index (κ1) is 21.4. The second kappa shape index (κ2) is 8.49. The molecule has 5 rings (SSSR count). The van der Waals surface area contributed by atoms with Gasteiger partial charge in [0.05, 0.1) is 24.6 Å². The van der Waals surface area contributed by atoms with Crippen LogP contribution in [0.3, 0.4) is 0 Å². The van der Waals surface area contributed by atoms with E-state index < -0.39 is 6.61 Å². The van der Waals surface area contributed by atoms with Gasteiger partial charge in [-0.3, -0.25) is 4.79 Å². The molecule has 1 N–H and O–H groups in total. The number of pyridine rings is 1. The molecular weight excluding hydrogens is 434 g/mol. The Morgan fingerprint density at radius 3 is 2.67 bits per heavy atom. The Hall–Kier alpha value is -3.43. The monoisotopic (exact) mass is 458 g/mol. The van der Waals surface area contributed by atoms with Crippen LogP contribution in [-0.4, -0.2) is 46.8 Å². The average molecular weight is 458 g/mol. The Morgan fingerprint density at radius 2 is 2.00 bits per heavy atom. The maximum Gasteiger partial charge on any atom is 0.387 e. The van der Waals surface area contributed by atoms with Crippen LogP contribution in [0.5, 0.6) is 17.4 Å². The molecule has 3 heterocycles. The van der Waals surface area contributed by atoms with Crippen molar-refractivity contribution in [3.63, 3.8) is 0 Å². The molecule has 8 nitrogen and oxygen atoms in total. The standard InChI is InChI=1S/C23H24F2N4O4/c1-12(14-8-20(30)26-10-14)32-22-21-17(27-11-29(21)15-4-5-15)9-16(28-22)13-3-6-18(33-23(24)25)19(7-13)31-2/h3,6-7,9,11-12,14-15,23H,4-5,8,10H2,1-2H3,(H,26,30)/t12-,14-/m1/s1. The number of carbonyl (C=O) groups excluding carboxylic acids is 1. The first-order valence-electron chi connectivity index (χ1n) is 10.9. The number of imidazole rings is 1. The maximum atomic E-state index is 12.7. The van der Waals surface area contributed by atoms with Crippen LogP contribution in [0.1, 0.15) is 32.2 Å². The van der Waals surface area contributed by atoms with Gasteiger partial charge in [-0.2, -0.15) is 8.78 Å². The number of hydrogen-bond donors (Lipinski definition) is 1. The van der Waals surface area contributed by atoms with Gasteiger partial charge in [0.15, 0.2) is 11.5 Å². The summed E-state index contributed by atoms with van der Waals surface area (Å²) in [5.41, 5.74) is 2.75. The van der Waals surface area contributed by atoms with Gasteiger partial charge in [-0.25, -0.2) is 9.97 Å². The van der Waals surface area contributed by atoms with Crippen LogP contribution in [0.25, 0.3) is 22.3 Å². The summed E-state index contributed by atoms with van der Waals surface area (Å²) in [6.07, 6.45) is 4.12. The molecule has 0 unspecified atom stereocenters. The van der Waals surface area contributed by atoms with Gasteiger partial charge < -0.3 is 24.1 Å². The summed E-state index contributed by atoms with van der Waals surface area (Å²) >= 11 is 0. The van der Waals surface area contributed by atoms with Crippen molar-refractivity contribution < 1.29 is 27.8 Å². The normalized spacial score (nSPS) is 19.1. The number of aromatic nitrogens is 3. The topological polar surface area (TPSA) is 87.5 Å². The largest absolute Gasteiger partial charge is 0.493 e. The van der Waals surface area contributed by atoms with E-state index in [1.165, 1.54) is 13.2 Å².